The van der Waals surface area contributed by atoms with Crippen LogP contribution in [0, 0.1) is 24.2 Å². The van der Waals surface area contributed by atoms with E-state index < -0.39 is 23.7 Å². The Kier molecular flexibility index (Phi) is 9.86. The lowest BCUT2D eigenvalue weighted by molar-refractivity contribution is -0.199. The van der Waals surface area contributed by atoms with E-state index in [9.17, 15) is 14.4 Å². The van der Waals surface area contributed by atoms with Crippen molar-refractivity contribution in [2.24, 2.45) is 17.3 Å². The number of imidazole rings is 1. The highest BCUT2D eigenvalue weighted by molar-refractivity contribution is 6.45. The summed E-state index contributed by atoms with van der Waals surface area (Å²) in [6, 6.07) is 12.0. The monoisotopic (exact) mass is 726 g/mol. The minimum atomic E-state index is -1.05. The molecule has 3 aromatic rings. The minimum absolute atomic E-state index is 0.0628. The van der Waals surface area contributed by atoms with Gasteiger partial charge in [0.15, 0.2) is 6.04 Å². The van der Waals surface area contributed by atoms with Gasteiger partial charge in [-0.2, -0.15) is 0 Å². The molecule has 13 heteroatoms. The van der Waals surface area contributed by atoms with Crippen molar-refractivity contribution in [3.05, 3.63) is 82.9 Å². The number of amides is 2. The number of esters is 1. The fraction of sp³-hybridized carbons (Fsp3) is 0.550. The Hall–Kier alpha value is -4.36. The maximum absolute atomic E-state index is 13.7. The zero-order valence-corrected chi connectivity index (χ0v) is 31.8. The van der Waals surface area contributed by atoms with Crippen LogP contribution >= 0.6 is 0 Å². The Balaban J connectivity index is 0.997. The molecular formula is C40H51BN4O8. The van der Waals surface area contributed by atoms with E-state index in [0.29, 0.717) is 41.6 Å². The number of likely N-dealkylation sites (tertiary alicyclic amines) is 1. The lowest BCUT2D eigenvalue weighted by Gasteiger charge is -2.64. The first-order valence-corrected chi connectivity index (χ1v) is 18.7. The Bertz CT molecular complexity index is 1820. The smallest absolute Gasteiger partial charge is 0.457 e. The summed E-state index contributed by atoms with van der Waals surface area (Å²) in [6.07, 6.45) is 5.58. The summed E-state index contributed by atoms with van der Waals surface area (Å²) in [6.45, 7) is 14.9. The van der Waals surface area contributed by atoms with Crippen molar-refractivity contribution >= 4 is 25.1 Å². The average Bonchev–Trinajstić information content (AvgIpc) is 3.74. The highest BCUT2D eigenvalue weighted by Gasteiger charge is 2.67. The molecule has 0 spiro atoms. The van der Waals surface area contributed by atoms with Gasteiger partial charge in [0.05, 0.1) is 36.8 Å². The van der Waals surface area contributed by atoms with Crippen LogP contribution in [-0.2, 0) is 36.6 Å². The maximum atomic E-state index is 13.7. The van der Waals surface area contributed by atoms with E-state index in [1.54, 1.807) is 11.1 Å². The molecule has 282 valence electrons. The van der Waals surface area contributed by atoms with Gasteiger partial charge in [-0.1, -0.05) is 50.2 Å². The third kappa shape index (κ3) is 7.42. The molecule has 8 rings (SSSR count). The van der Waals surface area contributed by atoms with E-state index in [1.165, 1.54) is 12.7 Å². The van der Waals surface area contributed by atoms with Gasteiger partial charge in [0.1, 0.15) is 29.6 Å². The first-order chi connectivity index (χ1) is 25.1. The Morgan fingerprint density at radius 3 is 2.53 bits per heavy atom. The number of nitrogens with zero attached hydrogens (tertiary/aromatic N) is 2. The molecule has 53 heavy (non-hydrogen) atoms. The van der Waals surface area contributed by atoms with E-state index >= 15 is 0 Å². The number of nitrogens with one attached hydrogen (secondary N) is 2. The molecule has 1 unspecified atom stereocenters. The van der Waals surface area contributed by atoms with Crippen molar-refractivity contribution < 1.29 is 37.9 Å². The van der Waals surface area contributed by atoms with Crippen molar-refractivity contribution in [3.8, 4) is 5.75 Å². The number of benzene rings is 2. The number of carbonyl (C=O) groups is 3. The zero-order valence-electron chi connectivity index (χ0n) is 31.8. The molecule has 3 heterocycles. The van der Waals surface area contributed by atoms with Gasteiger partial charge >= 0.3 is 19.2 Å². The standard InChI is InChI=1S/C40H51BN4O8/c1-24-26(15-16-41-52-32-18-27-17-31(39(27,5)6)40(32,7)53-41)13-14-30(33(24)36(47)51-38(2,3)4)50-28-20-45(21-28)35(46)34(29-19-42-23-43-29)44-37(48)49-22-25-11-9-8-10-12-25/h8-14,19,23,27-28,31-32,34H,15-18,20-22H2,1-7H3,(H,42,43)(H,44,48)/t27-,31-,32+,34?,40-/m0/s1. The van der Waals surface area contributed by atoms with Crippen LogP contribution in [-0.4, -0.2) is 76.5 Å². The van der Waals surface area contributed by atoms with Crippen LogP contribution in [0.2, 0.25) is 6.32 Å². The summed E-state index contributed by atoms with van der Waals surface area (Å²) in [4.78, 5) is 48.7. The molecule has 2 saturated heterocycles. The van der Waals surface area contributed by atoms with Gasteiger partial charge in [0, 0.05) is 6.20 Å². The van der Waals surface area contributed by atoms with E-state index in [2.05, 4.69) is 36.1 Å². The molecule has 1 aromatic heterocycles. The number of alkyl carbamates (subject to hydrolysis) is 1. The SMILES string of the molecule is Cc1c(CCB2O[C@@H]3C[C@@H]4C[C@@H](C4(C)C)[C@]3(C)O2)ccc(OC2CN(C(=O)C(NC(=O)OCc3ccccc3)c3c[nH]cn3)C2)c1C(=O)OC(C)(C)C. The Morgan fingerprint density at radius 2 is 1.85 bits per heavy atom. The van der Waals surface area contributed by atoms with E-state index in [1.807, 2.05) is 70.2 Å². The molecule has 5 aliphatic rings. The summed E-state index contributed by atoms with van der Waals surface area (Å²) in [5, 5.41) is 2.66. The Morgan fingerprint density at radius 1 is 1.09 bits per heavy atom. The molecule has 3 aliphatic carbocycles. The summed E-state index contributed by atoms with van der Waals surface area (Å²) in [5.74, 6) is 0.761. The molecule has 2 aromatic carbocycles. The predicted octanol–water partition coefficient (Wildman–Crippen LogP) is 6.20. The molecule has 2 aliphatic heterocycles. The molecule has 2 N–H and O–H groups in total. The zero-order chi connectivity index (χ0) is 37.7. The lowest BCUT2D eigenvalue weighted by Crippen LogP contribution is -2.65. The lowest BCUT2D eigenvalue weighted by atomic mass is 9.43. The van der Waals surface area contributed by atoms with Gasteiger partial charge in [-0.05, 0) is 100 Å². The average molecular weight is 727 g/mol. The molecule has 0 radical (unpaired) electrons. The number of aromatic amines is 1. The number of ether oxygens (including phenoxy) is 3. The third-order valence-corrected chi connectivity index (χ3v) is 11.8. The van der Waals surface area contributed by atoms with Crippen molar-refractivity contribution in [1.82, 2.24) is 20.2 Å². The summed E-state index contributed by atoms with van der Waals surface area (Å²) in [5.41, 5.74) is 2.63. The fourth-order valence-corrected chi connectivity index (χ4v) is 8.66. The van der Waals surface area contributed by atoms with Crippen LogP contribution in [0.25, 0.3) is 0 Å². The van der Waals surface area contributed by atoms with Gasteiger partial charge in [-0.15, -0.1) is 0 Å². The number of rotatable bonds is 11. The Labute approximate surface area is 311 Å². The van der Waals surface area contributed by atoms with Crippen LogP contribution in [0.5, 0.6) is 5.75 Å². The van der Waals surface area contributed by atoms with Crippen molar-refractivity contribution in [2.75, 3.05) is 13.1 Å². The van der Waals surface area contributed by atoms with Crippen LogP contribution in [0.3, 0.4) is 0 Å². The molecule has 2 amide bonds. The highest BCUT2D eigenvalue weighted by Crippen LogP contribution is 2.65. The number of hydrogen-bond acceptors (Lipinski definition) is 9. The largest absolute Gasteiger partial charge is 0.486 e. The fourth-order valence-electron chi connectivity index (χ4n) is 8.66. The van der Waals surface area contributed by atoms with Crippen LogP contribution in [0.4, 0.5) is 4.79 Å². The van der Waals surface area contributed by atoms with Gasteiger partial charge in [-0.3, -0.25) is 4.79 Å². The van der Waals surface area contributed by atoms with Gasteiger partial charge in [0.25, 0.3) is 5.91 Å². The summed E-state index contributed by atoms with van der Waals surface area (Å²) in [7, 11) is -0.301. The van der Waals surface area contributed by atoms with Crippen LogP contribution in [0.15, 0.2) is 55.0 Å². The molecular weight excluding hydrogens is 675 g/mol. The van der Waals surface area contributed by atoms with Crippen LogP contribution in [0.1, 0.15) is 93.2 Å². The topological polar surface area (TPSA) is 141 Å². The van der Waals surface area contributed by atoms with Gasteiger partial charge < -0.3 is 38.7 Å². The van der Waals surface area contributed by atoms with E-state index in [4.69, 9.17) is 23.5 Å². The maximum Gasteiger partial charge on any atom is 0.457 e. The second-order valence-electron chi connectivity index (χ2n) is 16.8. The van der Waals surface area contributed by atoms with Crippen molar-refractivity contribution in [1.29, 1.82) is 0 Å². The minimum Gasteiger partial charge on any atom is -0.486 e. The predicted molar refractivity (Wildman–Crippen MR) is 197 cm³/mol. The molecule has 3 saturated carbocycles. The number of aromatic nitrogens is 2. The second-order valence-corrected chi connectivity index (χ2v) is 16.8. The summed E-state index contributed by atoms with van der Waals surface area (Å²) >= 11 is 0. The van der Waals surface area contributed by atoms with Gasteiger partial charge in [-0.25, -0.2) is 14.6 Å². The molecule has 12 nitrogen and oxygen atoms in total. The second kappa shape index (κ2) is 14.1. The van der Waals surface area contributed by atoms with Crippen molar-refractivity contribution in [3.63, 3.8) is 0 Å². The third-order valence-electron chi connectivity index (χ3n) is 11.8. The van der Waals surface area contributed by atoms with Gasteiger partial charge in [0.2, 0.25) is 0 Å². The first-order valence-electron chi connectivity index (χ1n) is 18.7. The van der Waals surface area contributed by atoms with Crippen molar-refractivity contribution in [2.45, 2.75) is 110 Å². The first kappa shape index (κ1) is 37.0. The van der Waals surface area contributed by atoms with E-state index in [0.717, 1.165) is 23.1 Å². The number of hydrogen-bond donors (Lipinski definition) is 2. The quantitative estimate of drug-likeness (QED) is 0.175. The molecule has 2 bridgehead atoms. The summed E-state index contributed by atoms with van der Waals surface area (Å²) < 4.78 is 30.7. The molecule has 5 fully saturated rings. The van der Waals surface area contributed by atoms with E-state index in [-0.39, 0.29) is 55.9 Å². The number of H-pyrrole nitrogens is 1. The van der Waals surface area contributed by atoms with Crippen LogP contribution < -0.4 is 10.1 Å². The highest BCUT2D eigenvalue weighted by atomic mass is 16.7. The number of carbonyl (C=O) groups excluding carboxylic acids is 3. The molecule has 5 atom stereocenters. The number of aryl methyl sites for hydroxylation is 1. The normalized spacial score (nSPS) is 25.1.